The summed E-state index contributed by atoms with van der Waals surface area (Å²) in [6.45, 7) is 3.89. The van der Waals surface area contributed by atoms with Crippen LogP contribution in [0.15, 0.2) is 53.1 Å². The van der Waals surface area contributed by atoms with Crippen LogP contribution in [0.1, 0.15) is 27.2 Å². The lowest BCUT2D eigenvalue weighted by molar-refractivity contribution is 0.0982. The highest BCUT2D eigenvalue weighted by molar-refractivity contribution is 7.22. The van der Waals surface area contributed by atoms with Gasteiger partial charge in [-0.25, -0.2) is 13.8 Å². The van der Waals surface area contributed by atoms with Crippen molar-refractivity contribution in [3.05, 3.63) is 82.8 Å². The van der Waals surface area contributed by atoms with Gasteiger partial charge in [0.1, 0.15) is 17.1 Å². The van der Waals surface area contributed by atoms with Gasteiger partial charge in [-0.1, -0.05) is 29.0 Å². The summed E-state index contributed by atoms with van der Waals surface area (Å²) in [5.74, 6) is -1.16. The molecule has 0 aliphatic heterocycles. The minimum atomic E-state index is -0.755. The fourth-order valence-corrected chi connectivity index (χ4v) is 3.96. The predicted octanol–water partition coefficient (Wildman–Crippen LogP) is 5.63. The van der Waals surface area contributed by atoms with Crippen molar-refractivity contribution in [1.82, 2.24) is 4.98 Å². The molecule has 0 radical (unpaired) electrons. The van der Waals surface area contributed by atoms with Crippen LogP contribution in [0.5, 0.6) is 0 Å². The topological polar surface area (TPSA) is 46.3 Å². The second-order valence-electron chi connectivity index (χ2n) is 6.52. The monoisotopic (exact) mass is 398 g/mol. The number of amides is 1. The van der Waals surface area contributed by atoms with Gasteiger partial charge in [0.05, 0.1) is 17.5 Å². The van der Waals surface area contributed by atoms with Crippen molar-refractivity contribution in [2.24, 2.45) is 0 Å². The Balaban J connectivity index is 1.83. The molecular formula is C21H16F2N2O2S. The minimum absolute atomic E-state index is 0.0413. The van der Waals surface area contributed by atoms with Crippen molar-refractivity contribution in [1.29, 1.82) is 0 Å². The molecule has 2 aromatic heterocycles. The first-order valence-corrected chi connectivity index (χ1v) is 9.41. The number of anilines is 1. The number of hydrogen-bond acceptors (Lipinski definition) is 4. The standard InChI is InChI=1S/C21H16F2N2O2S/c1-12-5-6-13(2)16(8-12)20(26)25(11-15-4-3-7-27-15)21-24-19-17(23)9-14(22)10-18(19)28-21/h3-10H,11H2,1-2H3. The van der Waals surface area contributed by atoms with Gasteiger partial charge >= 0.3 is 0 Å². The van der Waals surface area contributed by atoms with Crippen molar-refractivity contribution < 1.29 is 18.0 Å². The fraction of sp³-hybridized carbons (Fsp3) is 0.143. The molecular weight excluding hydrogens is 382 g/mol. The molecule has 0 unspecified atom stereocenters. The fourth-order valence-electron chi connectivity index (χ4n) is 2.96. The zero-order valence-corrected chi connectivity index (χ0v) is 16.0. The van der Waals surface area contributed by atoms with Crippen molar-refractivity contribution in [2.45, 2.75) is 20.4 Å². The van der Waals surface area contributed by atoms with Gasteiger partial charge in [-0.2, -0.15) is 0 Å². The Kier molecular flexibility index (Phi) is 4.68. The average molecular weight is 398 g/mol. The number of thiazole rings is 1. The van der Waals surface area contributed by atoms with Gasteiger partial charge in [0.25, 0.3) is 5.91 Å². The van der Waals surface area contributed by atoms with Crippen molar-refractivity contribution in [3.8, 4) is 0 Å². The third-order valence-electron chi connectivity index (χ3n) is 4.40. The Bertz CT molecular complexity index is 1170. The van der Waals surface area contributed by atoms with E-state index in [0.717, 1.165) is 28.5 Å². The maximum absolute atomic E-state index is 14.1. The maximum atomic E-state index is 14.1. The molecule has 0 atom stereocenters. The SMILES string of the molecule is Cc1ccc(C)c(C(=O)N(Cc2ccco2)c2nc3c(F)cc(F)cc3s2)c1. The summed E-state index contributed by atoms with van der Waals surface area (Å²) < 4.78 is 33.4. The molecule has 4 rings (SSSR count). The zero-order chi connectivity index (χ0) is 19.8. The van der Waals surface area contributed by atoms with Crippen molar-refractivity contribution in [2.75, 3.05) is 4.90 Å². The van der Waals surface area contributed by atoms with E-state index in [4.69, 9.17) is 4.42 Å². The van der Waals surface area contributed by atoms with E-state index in [9.17, 15) is 13.6 Å². The smallest absolute Gasteiger partial charge is 0.260 e. The third-order valence-corrected chi connectivity index (χ3v) is 5.42. The third kappa shape index (κ3) is 3.41. The van der Waals surface area contributed by atoms with Crippen LogP contribution in [0, 0.1) is 25.5 Å². The van der Waals surface area contributed by atoms with Gasteiger partial charge in [0.2, 0.25) is 0 Å². The molecule has 0 saturated carbocycles. The lowest BCUT2D eigenvalue weighted by atomic mass is 10.0. The van der Waals surface area contributed by atoms with Crippen LogP contribution in [0.2, 0.25) is 0 Å². The minimum Gasteiger partial charge on any atom is -0.467 e. The number of fused-ring (bicyclic) bond motifs is 1. The highest BCUT2D eigenvalue weighted by Gasteiger charge is 2.25. The first-order valence-electron chi connectivity index (χ1n) is 8.59. The number of aromatic nitrogens is 1. The number of hydrogen-bond donors (Lipinski definition) is 0. The van der Waals surface area contributed by atoms with E-state index in [1.165, 1.54) is 17.2 Å². The maximum Gasteiger partial charge on any atom is 0.260 e. The van der Waals surface area contributed by atoms with Crippen molar-refractivity contribution >= 4 is 32.6 Å². The Hall–Kier alpha value is -3.06. The average Bonchev–Trinajstić information content (AvgIpc) is 3.30. The van der Waals surface area contributed by atoms with Gasteiger partial charge in [0, 0.05) is 11.6 Å². The molecule has 0 aliphatic rings. The van der Waals surface area contributed by atoms with E-state index >= 15 is 0 Å². The van der Waals surface area contributed by atoms with Crippen LogP contribution in [0.25, 0.3) is 10.2 Å². The molecule has 28 heavy (non-hydrogen) atoms. The summed E-state index contributed by atoms with van der Waals surface area (Å²) in [5, 5.41) is 0.279. The van der Waals surface area contributed by atoms with Crippen molar-refractivity contribution in [3.63, 3.8) is 0 Å². The lowest BCUT2D eigenvalue weighted by Crippen LogP contribution is -2.30. The predicted molar refractivity (Wildman–Crippen MR) is 105 cm³/mol. The number of halogens is 2. The number of nitrogens with zero attached hydrogens (tertiary/aromatic N) is 2. The summed E-state index contributed by atoms with van der Waals surface area (Å²) in [5.41, 5.74) is 2.33. The largest absolute Gasteiger partial charge is 0.467 e. The Morgan fingerprint density at radius 3 is 2.75 bits per heavy atom. The number of carbonyl (C=O) groups excluding carboxylic acids is 1. The second kappa shape index (κ2) is 7.16. The summed E-state index contributed by atoms with van der Waals surface area (Å²) in [7, 11) is 0. The van der Waals surface area contributed by atoms with Gasteiger partial charge in [0.15, 0.2) is 10.9 Å². The van der Waals surface area contributed by atoms with Crippen LogP contribution in [-0.4, -0.2) is 10.9 Å². The molecule has 142 valence electrons. The number of rotatable bonds is 4. The summed E-state index contributed by atoms with van der Waals surface area (Å²) >= 11 is 1.06. The quantitative estimate of drug-likeness (QED) is 0.447. The van der Waals surface area contributed by atoms with E-state index in [2.05, 4.69) is 4.98 Å². The number of aryl methyl sites for hydroxylation is 2. The number of benzene rings is 2. The Morgan fingerprint density at radius 2 is 2.00 bits per heavy atom. The molecule has 2 heterocycles. The zero-order valence-electron chi connectivity index (χ0n) is 15.2. The van der Waals surface area contributed by atoms with Crippen LogP contribution < -0.4 is 4.90 Å². The first-order chi connectivity index (χ1) is 13.4. The molecule has 1 amide bonds. The van der Waals surface area contributed by atoms with Gasteiger partial charge < -0.3 is 4.42 Å². The molecule has 0 spiro atoms. The van der Waals surface area contributed by atoms with Gasteiger partial charge in [-0.3, -0.25) is 9.69 Å². The number of furan rings is 1. The van der Waals surface area contributed by atoms with E-state index in [1.54, 1.807) is 18.2 Å². The first kappa shape index (κ1) is 18.3. The normalized spacial score (nSPS) is 11.1. The van der Waals surface area contributed by atoms with E-state index in [0.29, 0.717) is 16.0 Å². The van der Waals surface area contributed by atoms with E-state index in [1.807, 2.05) is 26.0 Å². The molecule has 0 aliphatic carbocycles. The molecule has 4 aromatic rings. The Labute approximate surface area is 164 Å². The molecule has 0 fully saturated rings. The highest BCUT2D eigenvalue weighted by atomic mass is 32.1. The highest BCUT2D eigenvalue weighted by Crippen LogP contribution is 2.33. The second-order valence-corrected chi connectivity index (χ2v) is 7.53. The molecule has 0 N–H and O–H groups in total. The summed E-state index contributed by atoms with van der Waals surface area (Å²) in [4.78, 5) is 19.1. The molecule has 4 nitrogen and oxygen atoms in total. The van der Waals surface area contributed by atoms with Gasteiger partial charge in [-0.05, 0) is 43.7 Å². The van der Waals surface area contributed by atoms with E-state index in [-0.39, 0.29) is 23.1 Å². The lowest BCUT2D eigenvalue weighted by Gasteiger charge is -2.20. The Morgan fingerprint density at radius 1 is 1.18 bits per heavy atom. The molecule has 0 bridgehead atoms. The van der Waals surface area contributed by atoms with Crippen LogP contribution >= 0.6 is 11.3 Å². The van der Waals surface area contributed by atoms with Gasteiger partial charge in [-0.15, -0.1) is 0 Å². The number of carbonyl (C=O) groups is 1. The summed E-state index contributed by atoms with van der Waals surface area (Å²) in [6, 6.07) is 11.1. The van der Waals surface area contributed by atoms with E-state index < -0.39 is 11.6 Å². The summed E-state index contributed by atoms with van der Waals surface area (Å²) in [6.07, 6.45) is 1.52. The van der Waals surface area contributed by atoms with Crippen LogP contribution in [0.4, 0.5) is 13.9 Å². The molecule has 7 heteroatoms. The van der Waals surface area contributed by atoms with Crippen LogP contribution in [-0.2, 0) is 6.54 Å². The molecule has 2 aromatic carbocycles. The van der Waals surface area contributed by atoms with Crippen LogP contribution in [0.3, 0.4) is 0 Å². The molecule has 0 saturated heterocycles.